The number of nitrogens with zero attached hydrogens (tertiary/aromatic N) is 6. The molecule has 30 heavy (non-hydrogen) atoms. The highest BCUT2D eigenvalue weighted by atomic mass is 32.1. The Morgan fingerprint density at radius 2 is 2.00 bits per heavy atom. The van der Waals surface area contributed by atoms with E-state index in [0.717, 1.165) is 51.2 Å². The number of anilines is 2. The van der Waals surface area contributed by atoms with E-state index in [1.807, 2.05) is 31.6 Å². The first kappa shape index (κ1) is 18.9. The molecule has 4 aromatic rings. The molecule has 0 bridgehead atoms. The van der Waals surface area contributed by atoms with Gasteiger partial charge in [-0.15, -0.1) is 22.7 Å². The van der Waals surface area contributed by atoms with Crippen molar-refractivity contribution in [3.8, 4) is 27.8 Å². The lowest BCUT2D eigenvalue weighted by Gasteiger charge is -2.37. The van der Waals surface area contributed by atoms with E-state index < -0.39 is 0 Å². The predicted octanol–water partition coefficient (Wildman–Crippen LogP) is 4.60. The fraction of sp³-hybridized carbons (Fsp3) is 0.227. The zero-order valence-corrected chi connectivity index (χ0v) is 18.4. The summed E-state index contributed by atoms with van der Waals surface area (Å²) in [6.45, 7) is 2.70. The number of nitriles is 1. The van der Waals surface area contributed by atoms with E-state index in [-0.39, 0.29) is 0 Å². The molecular formula is C22H20N6S2. The van der Waals surface area contributed by atoms with Crippen molar-refractivity contribution >= 4 is 34.0 Å². The molecule has 1 aromatic carbocycles. The smallest absolute Gasteiger partial charge is 0.113 e. The highest BCUT2D eigenvalue weighted by molar-refractivity contribution is 7.16. The van der Waals surface area contributed by atoms with Crippen LogP contribution in [0, 0.1) is 11.3 Å². The van der Waals surface area contributed by atoms with E-state index in [4.69, 9.17) is 10.2 Å². The summed E-state index contributed by atoms with van der Waals surface area (Å²) in [4.78, 5) is 11.4. The number of thiazole rings is 1. The molecule has 3 aromatic heterocycles. The van der Waals surface area contributed by atoms with Gasteiger partial charge in [-0.05, 0) is 29.8 Å². The Balaban J connectivity index is 1.45. The summed E-state index contributed by atoms with van der Waals surface area (Å²) >= 11 is 3.23. The molecular weight excluding hydrogens is 412 g/mol. The minimum Gasteiger partial charge on any atom is -0.371 e. The van der Waals surface area contributed by atoms with Crippen molar-refractivity contribution in [3.05, 3.63) is 58.0 Å². The number of hydrogen-bond acceptors (Lipinski definition) is 7. The van der Waals surface area contributed by atoms with Crippen LogP contribution in [-0.2, 0) is 13.6 Å². The molecule has 0 N–H and O–H groups in total. The molecule has 0 aliphatic carbocycles. The van der Waals surface area contributed by atoms with Gasteiger partial charge in [0.05, 0.1) is 29.8 Å². The van der Waals surface area contributed by atoms with Crippen LogP contribution >= 0.6 is 22.7 Å². The number of aromatic nitrogens is 3. The van der Waals surface area contributed by atoms with Crippen LogP contribution in [0.1, 0.15) is 9.88 Å². The van der Waals surface area contributed by atoms with Gasteiger partial charge in [0.1, 0.15) is 16.0 Å². The molecule has 0 amide bonds. The molecule has 6 nitrogen and oxygen atoms in total. The summed E-state index contributed by atoms with van der Waals surface area (Å²) in [6, 6.07) is 12.7. The minimum atomic E-state index is 0.738. The molecule has 0 radical (unpaired) electrons. The van der Waals surface area contributed by atoms with Gasteiger partial charge in [-0.3, -0.25) is 4.68 Å². The molecule has 0 atom stereocenters. The topological polar surface area (TPSA) is 61.0 Å². The molecule has 8 heteroatoms. The predicted molar refractivity (Wildman–Crippen MR) is 123 cm³/mol. The van der Waals surface area contributed by atoms with Gasteiger partial charge in [0.15, 0.2) is 0 Å². The van der Waals surface area contributed by atoms with Crippen molar-refractivity contribution in [3.63, 3.8) is 0 Å². The van der Waals surface area contributed by atoms with Gasteiger partial charge >= 0.3 is 0 Å². The summed E-state index contributed by atoms with van der Waals surface area (Å²) in [5.41, 5.74) is 5.62. The highest BCUT2D eigenvalue weighted by Crippen LogP contribution is 2.39. The highest BCUT2D eigenvalue weighted by Gasteiger charge is 2.22. The zero-order valence-electron chi connectivity index (χ0n) is 16.7. The van der Waals surface area contributed by atoms with Gasteiger partial charge in [-0.25, -0.2) is 4.98 Å². The molecule has 1 aliphatic rings. The Labute approximate surface area is 183 Å². The second-order valence-corrected chi connectivity index (χ2v) is 9.38. The van der Waals surface area contributed by atoms with Crippen LogP contribution in [0.25, 0.3) is 21.7 Å². The van der Waals surface area contributed by atoms with Crippen LogP contribution in [-0.4, -0.2) is 34.9 Å². The van der Waals surface area contributed by atoms with Crippen molar-refractivity contribution in [1.82, 2.24) is 14.8 Å². The maximum atomic E-state index is 9.15. The van der Waals surface area contributed by atoms with Crippen LogP contribution in [0.3, 0.4) is 0 Å². The monoisotopic (exact) mass is 432 g/mol. The molecule has 0 spiro atoms. The van der Waals surface area contributed by atoms with Gasteiger partial charge in [0.25, 0.3) is 0 Å². The number of fused-ring (bicyclic) bond motifs is 1. The van der Waals surface area contributed by atoms with E-state index in [1.54, 1.807) is 16.0 Å². The largest absolute Gasteiger partial charge is 0.371 e. The first-order valence-electron chi connectivity index (χ1n) is 9.64. The normalized spacial score (nSPS) is 13.4. The maximum Gasteiger partial charge on any atom is 0.113 e. The second-order valence-electron chi connectivity index (χ2n) is 7.35. The zero-order chi connectivity index (χ0) is 20.7. The van der Waals surface area contributed by atoms with Crippen molar-refractivity contribution in [2.24, 2.45) is 7.05 Å². The Bertz CT molecular complexity index is 1240. The number of rotatable bonds is 4. The summed E-state index contributed by atoms with van der Waals surface area (Å²) in [6.07, 6.45) is 3.85. The van der Waals surface area contributed by atoms with E-state index in [2.05, 4.69) is 51.6 Å². The maximum absolute atomic E-state index is 9.15. The van der Waals surface area contributed by atoms with E-state index in [0.29, 0.717) is 0 Å². The van der Waals surface area contributed by atoms with E-state index >= 15 is 0 Å². The van der Waals surface area contributed by atoms with Gasteiger partial charge < -0.3 is 9.80 Å². The standard InChI is InChI=1S/C22H20N6S2/c1-26-7-8-28(13-22-25-18(14-29-22)16-11-24-27(2)12-16)20-9-15(3-5-19(20)26)21-6-4-17(10-23)30-21/h3-6,9,11-12,14H,7-8,13H2,1-2H3. The van der Waals surface area contributed by atoms with E-state index in [1.165, 1.54) is 22.7 Å². The van der Waals surface area contributed by atoms with Crippen molar-refractivity contribution in [2.45, 2.75) is 6.54 Å². The Hall–Kier alpha value is -3.15. The Morgan fingerprint density at radius 1 is 1.10 bits per heavy atom. The summed E-state index contributed by atoms with van der Waals surface area (Å²) in [5, 5.41) is 16.6. The van der Waals surface area contributed by atoms with Crippen molar-refractivity contribution < 1.29 is 0 Å². The van der Waals surface area contributed by atoms with Crippen LogP contribution in [0.4, 0.5) is 11.4 Å². The lowest BCUT2D eigenvalue weighted by molar-refractivity contribution is 0.733. The molecule has 0 saturated carbocycles. The summed E-state index contributed by atoms with van der Waals surface area (Å²) in [5.74, 6) is 0. The van der Waals surface area contributed by atoms with Crippen LogP contribution < -0.4 is 9.80 Å². The van der Waals surface area contributed by atoms with Crippen LogP contribution in [0.2, 0.25) is 0 Å². The number of hydrogen-bond donors (Lipinski definition) is 0. The lowest BCUT2D eigenvalue weighted by Crippen LogP contribution is -2.38. The molecule has 4 heterocycles. The number of thiophene rings is 1. The molecule has 150 valence electrons. The summed E-state index contributed by atoms with van der Waals surface area (Å²) < 4.78 is 1.80. The SMILES string of the molecule is CN1CCN(Cc2nc(-c3cnn(C)c3)cs2)c2cc(-c3ccc(C#N)s3)ccc21. The average molecular weight is 433 g/mol. The van der Waals surface area contributed by atoms with Crippen molar-refractivity contribution in [1.29, 1.82) is 5.26 Å². The molecule has 0 unspecified atom stereocenters. The van der Waals surface area contributed by atoms with Gasteiger partial charge in [-0.1, -0.05) is 6.07 Å². The minimum absolute atomic E-state index is 0.738. The number of likely N-dealkylation sites (N-methyl/N-ethyl adjacent to an activating group) is 1. The third-order valence-corrected chi connectivity index (χ3v) is 7.18. The lowest BCUT2D eigenvalue weighted by atomic mass is 10.1. The molecule has 1 aliphatic heterocycles. The van der Waals surface area contributed by atoms with E-state index in [9.17, 15) is 0 Å². The van der Waals surface area contributed by atoms with Gasteiger partial charge in [0.2, 0.25) is 0 Å². The van der Waals surface area contributed by atoms with Gasteiger partial charge in [-0.2, -0.15) is 10.4 Å². The Kier molecular flexibility index (Phi) is 4.77. The molecule has 5 rings (SSSR count). The fourth-order valence-corrected chi connectivity index (χ4v) is 5.33. The number of aryl methyl sites for hydroxylation is 1. The quantitative estimate of drug-likeness (QED) is 0.472. The number of benzene rings is 1. The second kappa shape index (κ2) is 7.59. The molecule has 0 saturated heterocycles. The van der Waals surface area contributed by atoms with Crippen LogP contribution in [0.15, 0.2) is 48.1 Å². The van der Waals surface area contributed by atoms with Crippen LogP contribution in [0.5, 0.6) is 0 Å². The summed E-state index contributed by atoms with van der Waals surface area (Å²) in [7, 11) is 4.06. The first-order valence-corrected chi connectivity index (χ1v) is 11.3. The van der Waals surface area contributed by atoms with Gasteiger partial charge in [0, 0.05) is 49.2 Å². The molecule has 0 fully saturated rings. The van der Waals surface area contributed by atoms with Crippen molar-refractivity contribution in [2.75, 3.05) is 29.9 Å². The third kappa shape index (κ3) is 3.47. The fourth-order valence-electron chi connectivity index (χ4n) is 3.71. The Morgan fingerprint density at radius 3 is 2.77 bits per heavy atom. The average Bonchev–Trinajstić information content (AvgIpc) is 3.50. The first-order chi connectivity index (χ1) is 14.6. The third-order valence-electron chi connectivity index (χ3n) is 5.31.